The average Bonchev–Trinajstić information content (AvgIpc) is 3.58. The van der Waals surface area contributed by atoms with Crippen LogP contribution in [0.15, 0.2) is 35.4 Å². The number of hydrogen-bond acceptors (Lipinski definition) is 6. The summed E-state index contributed by atoms with van der Waals surface area (Å²) in [6.45, 7) is 8.16. The first-order valence-corrected chi connectivity index (χ1v) is 14.9. The summed E-state index contributed by atoms with van der Waals surface area (Å²) in [5.41, 5.74) is 3.90. The maximum atomic E-state index is 13.3. The lowest BCUT2D eigenvalue weighted by molar-refractivity contribution is 0.0694. The molecule has 1 aliphatic heterocycles. The molecule has 1 unspecified atom stereocenters. The summed E-state index contributed by atoms with van der Waals surface area (Å²) in [6, 6.07) is 7.19. The Bertz CT molecular complexity index is 1540. The number of nitrogens with one attached hydrogen (secondary N) is 2. The number of sulfone groups is 1. The van der Waals surface area contributed by atoms with Crippen LogP contribution in [0.1, 0.15) is 72.1 Å². The Kier molecular flexibility index (Phi) is 6.63. The topological polar surface area (TPSA) is 125 Å². The molecule has 200 valence electrons. The molecule has 0 spiro atoms. The highest BCUT2D eigenvalue weighted by Gasteiger charge is 2.40. The van der Waals surface area contributed by atoms with Gasteiger partial charge in [-0.05, 0) is 86.9 Å². The van der Waals surface area contributed by atoms with E-state index in [1.807, 2.05) is 32.9 Å². The van der Waals surface area contributed by atoms with E-state index in [0.717, 1.165) is 36.6 Å². The predicted octanol–water partition coefficient (Wildman–Crippen LogP) is 4.13. The third-order valence-corrected chi connectivity index (χ3v) is 8.74. The number of rotatable bonds is 8. The zero-order valence-corrected chi connectivity index (χ0v) is 23.1. The van der Waals surface area contributed by atoms with E-state index in [9.17, 15) is 18.0 Å². The van der Waals surface area contributed by atoms with Crippen LogP contribution in [0.5, 0.6) is 0 Å². The van der Waals surface area contributed by atoms with Crippen molar-refractivity contribution in [1.82, 2.24) is 25.2 Å². The number of amides is 2. The third kappa shape index (κ3) is 4.84. The Balaban J connectivity index is 1.52. The van der Waals surface area contributed by atoms with Gasteiger partial charge in [-0.1, -0.05) is 6.92 Å². The van der Waals surface area contributed by atoms with Gasteiger partial charge in [0.1, 0.15) is 11.4 Å². The normalized spacial score (nSPS) is 16.9. The first-order chi connectivity index (χ1) is 18.0. The van der Waals surface area contributed by atoms with Gasteiger partial charge in [0.05, 0.1) is 10.5 Å². The number of imidazole rings is 1. The monoisotopic (exact) mass is 535 g/mol. The molecule has 5 rings (SSSR count). The zero-order valence-electron chi connectivity index (χ0n) is 22.3. The average molecular weight is 536 g/mol. The Morgan fingerprint density at radius 3 is 2.61 bits per heavy atom. The van der Waals surface area contributed by atoms with Gasteiger partial charge in [-0.2, -0.15) is 0 Å². The lowest BCUT2D eigenvalue weighted by atomic mass is 10.0. The van der Waals surface area contributed by atoms with Crippen LogP contribution in [0, 0.1) is 12.8 Å². The van der Waals surface area contributed by atoms with Gasteiger partial charge in [-0.15, -0.1) is 0 Å². The van der Waals surface area contributed by atoms with E-state index in [-0.39, 0.29) is 34.4 Å². The number of aryl methyl sites for hydroxylation is 1. The van der Waals surface area contributed by atoms with Crippen molar-refractivity contribution in [3.63, 3.8) is 0 Å². The molecular weight excluding hydrogens is 502 g/mol. The number of hydrogen-bond donors (Lipinski definition) is 2. The highest BCUT2D eigenvalue weighted by Crippen LogP contribution is 2.41. The third-order valence-electron chi connectivity index (χ3n) is 7.62. The van der Waals surface area contributed by atoms with E-state index in [1.54, 1.807) is 30.2 Å². The molecule has 2 amide bonds. The van der Waals surface area contributed by atoms with E-state index < -0.39 is 9.84 Å². The molecule has 0 radical (unpaired) electrons. The minimum absolute atomic E-state index is 0.0300. The molecular formula is C28H33N5O4S. The summed E-state index contributed by atoms with van der Waals surface area (Å²) >= 11 is 0. The van der Waals surface area contributed by atoms with Crippen LogP contribution in [0.2, 0.25) is 0 Å². The van der Waals surface area contributed by atoms with Gasteiger partial charge in [-0.3, -0.25) is 14.6 Å². The van der Waals surface area contributed by atoms with Gasteiger partial charge in [0.25, 0.3) is 11.8 Å². The molecule has 9 nitrogen and oxygen atoms in total. The second-order valence-corrected chi connectivity index (χ2v) is 12.5. The van der Waals surface area contributed by atoms with E-state index >= 15 is 0 Å². The fourth-order valence-corrected chi connectivity index (χ4v) is 5.93. The largest absolute Gasteiger partial charge is 0.348 e. The van der Waals surface area contributed by atoms with Crippen LogP contribution in [0.4, 0.5) is 0 Å². The van der Waals surface area contributed by atoms with Crippen LogP contribution < -0.4 is 5.32 Å². The van der Waals surface area contributed by atoms with Gasteiger partial charge < -0.3 is 15.2 Å². The molecule has 1 aromatic carbocycles. The van der Waals surface area contributed by atoms with Crippen LogP contribution in [-0.4, -0.2) is 58.4 Å². The van der Waals surface area contributed by atoms with Crippen molar-refractivity contribution >= 4 is 21.7 Å². The molecule has 2 N–H and O–H groups in total. The molecule has 0 saturated heterocycles. The summed E-state index contributed by atoms with van der Waals surface area (Å²) < 4.78 is 25.6. The second-order valence-electron chi connectivity index (χ2n) is 10.6. The van der Waals surface area contributed by atoms with Crippen LogP contribution in [0.3, 0.4) is 0 Å². The van der Waals surface area contributed by atoms with E-state index in [1.165, 1.54) is 0 Å². The lowest BCUT2D eigenvalue weighted by Crippen LogP contribution is -2.35. The summed E-state index contributed by atoms with van der Waals surface area (Å²) in [7, 11) is -3.66. The number of benzene rings is 1. The highest BCUT2D eigenvalue weighted by atomic mass is 32.2. The summed E-state index contributed by atoms with van der Waals surface area (Å²) in [6.07, 6.45) is 5.77. The quantitative estimate of drug-likeness (QED) is 0.447. The number of carbonyl (C=O) groups excluding carboxylic acids is 2. The van der Waals surface area contributed by atoms with Crippen LogP contribution in [-0.2, 0) is 16.4 Å². The molecule has 1 saturated carbocycles. The molecule has 38 heavy (non-hydrogen) atoms. The summed E-state index contributed by atoms with van der Waals surface area (Å²) in [4.78, 5) is 39.9. The second kappa shape index (κ2) is 9.65. The molecule has 2 atom stereocenters. The molecule has 1 aliphatic carbocycles. The lowest BCUT2D eigenvalue weighted by Gasteiger charge is -2.24. The van der Waals surface area contributed by atoms with E-state index in [0.29, 0.717) is 40.9 Å². The van der Waals surface area contributed by atoms with Crippen LogP contribution >= 0.6 is 0 Å². The molecule has 2 aromatic heterocycles. The van der Waals surface area contributed by atoms with E-state index in [4.69, 9.17) is 0 Å². The first-order valence-electron chi connectivity index (χ1n) is 13.0. The molecule has 10 heteroatoms. The van der Waals surface area contributed by atoms with Crippen molar-refractivity contribution < 1.29 is 18.0 Å². The molecule has 2 aliphatic rings. The van der Waals surface area contributed by atoms with Crippen LogP contribution in [0.25, 0.3) is 22.6 Å². The first kappa shape index (κ1) is 26.1. The number of aromatic amines is 1. The smallest absolute Gasteiger partial charge is 0.271 e. The summed E-state index contributed by atoms with van der Waals surface area (Å²) in [5.74, 6) is 0.464. The molecule has 0 bridgehead atoms. The van der Waals surface area contributed by atoms with E-state index in [2.05, 4.69) is 20.3 Å². The number of pyridine rings is 1. The maximum absolute atomic E-state index is 13.3. The van der Waals surface area contributed by atoms with Gasteiger partial charge in [0.2, 0.25) is 0 Å². The van der Waals surface area contributed by atoms with Gasteiger partial charge in [0.15, 0.2) is 15.7 Å². The van der Waals surface area contributed by atoms with Crippen molar-refractivity contribution in [2.75, 3.05) is 6.26 Å². The Morgan fingerprint density at radius 1 is 1.21 bits per heavy atom. The Hall–Kier alpha value is -3.53. The molecule has 3 aromatic rings. The number of carbonyl (C=O) groups is 2. The van der Waals surface area contributed by atoms with Gasteiger partial charge in [-0.25, -0.2) is 13.4 Å². The van der Waals surface area contributed by atoms with Crippen molar-refractivity contribution in [1.29, 1.82) is 0 Å². The molecule has 1 fully saturated rings. The number of fused-ring (bicyclic) bond motifs is 1. The fourth-order valence-electron chi connectivity index (χ4n) is 5.00. The number of aromatic nitrogens is 3. The SMILES string of the molecule is CCC(C)NC(=O)c1nc(-c2cc(-c3cc4c(c(S(C)(=O)=O)c3)C(=O)N([C@@H](C)C3CC3)C4)ccn2)[nH]c1C. The maximum Gasteiger partial charge on any atom is 0.271 e. The van der Waals surface area contributed by atoms with Crippen molar-refractivity contribution in [3.05, 3.63) is 53.0 Å². The number of nitrogens with zero attached hydrogens (tertiary/aromatic N) is 3. The number of H-pyrrole nitrogens is 1. The van der Waals surface area contributed by atoms with Gasteiger partial charge in [0, 0.05) is 36.8 Å². The fraction of sp³-hybridized carbons (Fsp3) is 0.429. The Morgan fingerprint density at radius 2 is 1.95 bits per heavy atom. The minimum Gasteiger partial charge on any atom is -0.348 e. The summed E-state index contributed by atoms with van der Waals surface area (Å²) in [5, 5.41) is 2.93. The Labute approximate surface area is 223 Å². The zero-order chi connectivity index (χ0) is 27.4. The van der Waals surface area contributed by atoms with Crippen molar-refractivity contribution in [2.24, 2.45) is 5.92 Å². The highest BCUT2D eigenvalue weighted by molar-refractivity contribution is 7.90. The minimum atomic E-state index is -3.66. The van der Waals surface area contributed by atoms with Crippen molar-refractivity contribution in [2.45, 2.75) is 70.5 Å². The van der Waals surface area contributed by atoms with Gasteiger partial charge >= 0.3 is 0 Å². The predicted molar refractivity (Wildman–Crippen MR) is 144 cm³/mol. The van der Waals surface area contributed by atoms with Crippen molar-refractivity contribution in [3.8, 4) is 22.6 Å². The molecule has 3 heterocycles. The standard InChI is InChI=1S/C28H33N5O4S/c1-6-15(2)30-27(34)25-16(3)31-26(32-25)22-12-19(9-10-29-22)20-11-21-14-33(17(4)18-7-8-18)28(35)24(21)23(13-20)38(5,36)37/h9-13,15,17-18H,6-8,14H2,1-5H3,(H,30,34)(H,31,32)/t15?,17-/m0/s1.